The summed E-state index contributed by atoms with van der Waals surface area (Å²) in [6.07, 6.45) is 2.13. The van der Waals surface area contributed by atoms with E-state index in [9.17, 15) is 0 Å². The van der Waals surface area contributed by atoms with Crippen molar-refractivity contribution < 1.29 is 4.74 Å². The van der Waals surface area contributed by atoms with Crippen LogP contribution in [-0.2, 0) is 0 Å². The van der Waals surface area contributed by atoms with Crippen molar-refractivity contribution in [3.8, 4) is 5.75 Å². The molecule has 1 rings (SSSR count). The van der Waals surface area contributed by atoms with E-state index in [0.717, 1.165) is 29.6 Å². The van der Waals surface area contributed by atoms with Gasteiger partial charge in [0.05, 0.1) is 4.47 Å². The summed E-state index contributed by atoms with van der Waals surface area (Å²) in [5.74, 6) is 0.915. The second-order valence-corrected chi connectivity index (χ2v) is 6.44. The van der Waals surface area contributed by atoms with Crippen LogP contribution in [-0.4, -0.2) is 12.1 Å². The molecule has 3 heteroatoms. The van der Waals surface area contributed by atoms with Crippen molar-refractivity contribution in [2.24, 2.45) is 0 Å². The summed E-state index contributed by atoms with van der Waals surface area (Å²) < 4.78 is 7.06. The van der Waals surface area contributed by atoms with E-state index in [1.807, 2.05) is 0 Å². The molecule has 1 aromatic carbocycles. The Morgan fingerprint density at radius 3 is 2.53 bits per heavy atom. The van der Waals surface area contributed by atoms with Gasteiger partial charge in [-0.25, -0.2) is 0 Å². The topological polar surface area (TPSA) is 21.3 Å². The van der Waals surface area contributed by atoms with Crippen LogP contribution in [0.3, 0.4) is 0 Å². The van der Waals surface area contributed by atoms with E-state index in [-0.39, 0.29) is 5.60 Å². The zero-order valence-electron chi connectivity index (χ0n) is 12.7. The minimum absolute atomic E-state index is 0.129. The minimum atomic E-state index is -0.129. The molecule has 1 atom stereocenters. The molecule has 0 radical (unpaired) electrons. The van der Waals surface area contributed by atoms with E-state index in [1.54, 1.807) is 0 Å². The van der Waals surface area contributed by atoms with Gasteiger partial charge >= 0.3 is 0 Å². The summed E-state index contributed by atoms with van der Waals surface area (Å²) in [4.78, 5) is 0. The summed E-state index contributed by atoms with van der Waals surface area (Å²) in [5, 5.41) is 3.49. The molecule has 0 aliphatic heterocycles. The Hall–Kier alpha value is -0.540. The predicted molar refractivity (Wildman–Crippen MR) is 85.8 cm³/mol. The van der Waals surface area contributed by atoms with E-state index in [2.05, 4.69) is 74.1 Å². The number of nitrogens with one attached hydrogen (secondary N) is 1. The highest BCUT2D eigenvalue weighted by Gasteiger charge is 2.18. The fraction of sp³-hybridized carbons (Fsp3) is 0.625. The number of rotatable bonds is 7. The van der Waals surface area contributed by atoms with Gasteiger partial charge in [0.15, 0.2) is 0 Å². The van der Waals surface area contributed by atoms with Crippen molar-refractivity contribution in [2.45, 2.75) is 59.1 Å². The average molecular weight is 328 g/mol. The van der Waals surface area contributed by atoms with E-state index < -0.39 is 0 Å². The smallest absolute Gasteiger partial charge is 0.134 e. The fourth-order valence-corrected chi connectivity index (χ4v) is 2.20. The van der Waals surface area contributed by atoms with Crippen LogP contribution in [0.25, 0.3) is 0 Å². The summed E-state index contributed by atoms with van der Waals surface area (Å²) in [6, 6.07) is 6.71. The Balaban J connectivity index is 2.79. The molecule has 19 heavy (non-hydrogen) atoms. The first-order valence-corrected chi connectivity index (χ1v) is 7.90. The number of halogens is 1. The Bertz CT molecular complexity index is 404. The van der Waals surface area contributed by atoms with Gasteiger partial charge in [0.25, 0.3) is 0 Å². The molecule has 1 aromatic rings. The van der Waals surface area contributed by atoms with Crippen molar-refractivity contribution >= 4 is 15.9 Å². The molecule has 0 bridgehead atoms. The molecule has 0 aliphatic rings. The molecule has 0 spiro atoms. The van der Waals surface area contributed by atoms with Gasteiger partial charge < -0.3 is 10.1 Å². The molecule has 1 unspecified atom stereocenters. The van der Waals surface area contributed by atoms with Crippen LogP contribution in [0.15, 0.2) is 22.7 Å². The third-order valence-electron chi connectivity index (χ3n) is 3.39. The van der Waals surface area contributed by atoms with E-state index in [0.29, 0.717) is 6.04 Å². The second kappa shape index (κ2) is 7.30. The molecule has 0 heterocycles. The summed E-state index contributed by atoms with van der Waals surface area (Å²) in [6.45, 7) is 11.8. The first kappa shape index (κ1) is 16.5. The van der Waals surface area contributed by atoms with Crippen LogP contribution in [0.1, 0.15) is 59.1 Å². The minimum Gasteiger partial charge on any atom is -0.487 e. The normalized spacial score (nSPS) is 13.4. The predicted octanol–water partition coefficient (Wildman–Crippen LogP) is 5.08. The van der Waals surface area contributed by atoms with Crippen LogP contribution >= 0.6 is 15.9 Å². The first-order valence-electron chi connectivity index (χ1n) is 7.11. The van der Waals surface area contributed by atoms with Crippen molar-refractivity contribution in [1.82, 2.24) is 5.32 Å². The highest BCUT2D eigenvalue weighted by atomic mass is 79.9. The maximum absolute atomic E-state index is 6.03. The quantitative estimate of drug-likeness (QED) is 0.754. The number of hydrogen-bond donors (Lipinski definition) is 1. The molecule has 1 N–H and O–H groups in total. The largest absolute Gasteiger partial charge is 0.487 e. The van der Waals surface area contributed by atoms with Crippen LogP contribution in [0.2, 0.25) is 0 Å². The lowest BCUT2D eigenvalue weighted by atomic mass is 10.1. The van der Waals surface area contributed by atoms with Gasteiger partial charge in [-0.1, -0.05) is 19.9 Å². The van der Waals surface area contributed by atoms with E-state index in [4.69, 9.17) is 4.74 Å². The van der Waals surface area contributed by atoms with Crippen LogP contribution in [0.5, 0.6) is 5.75 Å². The third kappa shape index (κ3) is 5.15. The Morgan fingerprint density at radius 2 is 2.00 bits per heavy atom. The van der Waals surface area contributed by atoms with Crippen molar-refractivity contribution in [1.29, 1.82) is 0 Å². The second-order valence-electron chi connectivity index (χ2n) is 5.58. The summed E-state index contributed by atoms with van der Waals surface area (Å²) in [7, 11) is 0. The molecular formula is C16H26BrNO. The van der Waals surface area contributed by atoms with Crippen LogP contribution in [0.4, 0.5) is 0 Å². The van der Waals surface area contributed by atoms with Crippen molar-refractivity contribution in [3.63, 3.8) is 0 Å². The lowest BCUT2D eigenvalue weighted by Crippen LogP contribution is -2.27. The van der Waals surface area contributed by atoms with Gasteiger partial charge in [0.1, 0.15) is 11.4 Å². The van der Waals surface area contributed by atoms with Gasteiger partial charge in [-0.05, 0) is 73.8 Å². The molecule has 0 fully saturated rings. The number of hydrogen-bond acceptors (Lipinski definition) is 2. The molecule has 0 saturated heterocycles. The monoisotopic (exact) mass is 327 g/mol. The van der Waals surface area contributed by atoms with E-state index >= 15 is 0 Å². The maximum atomic E-state index is 6.03. The Morgan fingerprint density at radius 1 is 1.32 bits per heavy atom. The first-order chi connectivity index (χ1) is 8.89. The zero-order valence-corrected chi connectivity index (χ0v) is 14.3. The lowest BCUT2D eigenvalue weighted by Gasteiger charge is -2.26. The van der Waals surface area contributed by atoms with Gasteiger partial charge in [-0.15, -0.1) is 0 Å². The third-order valence-corrected chi connectivity index (χ3v) is 4.01. The van der Waals surface area contributed by atoms with Crippen LogP contribution in [0, 0.1) is 0 Å². The van der Waals surface area contributed by atoms with Gasteiger partial charge in [0, 0.05) is 6.04 Å². The van der Waals surface area contributed by atoms with Gasteiger partial charge in [-0.2, -0.15) is 0 Å². The summed E-state index contributed by atoms with van der Waals surface area (Å²) >= 11 is 3.61. The highest BCUT2D eigenvalue weighted by Crippen LogP contribution is 2.31. The van der Waals surface area contributed by atoms with Gasteiger partial charge in [-0.3, -0.25) is 0 Å². The molecule has 2 nitrogen and oxygen atoms in total. The molecule has 0 amide bonds. The van der Waals surface area contributed by atoms with Crippen molar-refractivity contribution in [2.75, 3.05) is 6.54 Å². The standard InChI is InChI=1S/C16H26BrNO/c1-6-10-18-12(3)13-8-9-15(14(17)11-13)19-16(4,5)7-2/h8-9,11-12,18H,6-7,10H2,1-5H3. The highest BCUT2D eigenvalue weighted by molar-refractivity contribution is 9.10. The lowest BCUT2D eigenvalue weighted by molar-refractivity contribution is 0.104. The molecule has 0 aliphatic carbocycles. The number of ether oxygens (including phenoxy) is 1. The summed E-state index contributed by atoms with van der Waals surface area (Å²) in [5.41, 5.74) is 1.15. The molecule has 0 saturated carbocycles. The van der Waals surface area contributed by atoms with E-state index in [1.165, 1.54) is 5.56 Å². The molecular weight excluding hydrogens is 302 g/mol. The zero-order chi connectivity index (χ0) is 14.5. The number of benzene rings is 1. The van der Waals surface area contributed by atoms with Crippen molar-refractivity contribution in [3.05, 3.63) is 28.2 Å². The fourth-order valence-electron chi connectivity index (χ4n) is 1.72. The molecule has 108 valence electrons. The Labute approximate surface area is 126 Å². The van der Waals surface area contributed by atoms with Gasteiger partial charge in [0.2, 0.25) is 0 Å². The molecule has 0 aromatic heterocycles. The average Bonchev–Trinajstić information content (AvgIpc) is 2.38. The maximum Gasteiger partial charge on any atom is 0.134 e. The Kier molecular flexibility index (Phi) is 6.34. The SMILES string of the molecule is CCCNC(C)c1ccc(OC(C)(C)CC)c(Br)c1. The van der Waals surface area contributed by atoms with Crippen LogP contribution < -0.4 is 10.1 Å².